The van der Waals surface area contributed by atoms with Crippen LogP contribution in [0.1, 0.15) is 32.3 Å². The van der Waals surface area contributed by atoms with E-state index in [9.17, 15) is 9.59 Å². The topological polar surface area (TPSA) is 71.0 Å². The van der Waals surface area contributed by atoms with Crippen molar-refractivity contribution in [3.63, 3.8) is 0 Å². The second-order valence-electron chi connectivity index (χ2n) is 5.98. The average molecular weight is 342 g/mol. The lowest BCUT2D eigenvalue weighted by Crippen LogP contribution is -2.40. The Balaban J connectivity index is 2.16. The summed E-state index contributed by atoms with van der Waals surface area (Å²) in [5, 5.41) is 0. The van der Waals surface area contributed by atoms with Crippen LogP contribution < -0.4 is 16.1 Å². The second kappa shape index (κ2) is 6.96. The zero-order chi connectivity index (χ0) is 18.0. The van der Waals surface area contributed by atoms with E-state index in [4.69, 9.17) is 4.84 Å². The molecule has 0 saturated heterocycles. The van der Waals surface area contributed by atoms with Crippen molar-refractivity contribution < 1.29 is 4.84 Å². The Bertz CT molecular complexity index is 996. The van der Waals surface area contributed by atoms with Crippen molar-refractivity contribution in [3.05, 3.63) is 57.0 Å². The molecule has 0 saturated carbocycles. The van der Waals surface area contributed by atoms with E-state index >= 15 is 0 Å². The Morgan fingerprint density at radius 1 is 1.08 bits per heavy atom. The molecule has 2 heterocycles. The van der Waals surface area contributed by atoms with E-state index < -0.39 is 0 Å². The van der Waals surface area contributed by atoms with Crippen LogP contribution >= 0.6 is 0 Å². The quantitative estimate of drug-likeness (QED) is 0.689. The van der Waals surface area contributed by atoms with Crippen LogP contribution in [-0.2, 0) is 13.1 Å². The monoisotopic (exact) mass is 342 g/mol. The van der Waals surface area contributed by atoms with Gasteiger partial charge in [-0.05, 0) is 32.4 Å². The van der Waals surface area contributed by atoms with Gasteiger partial charge in [-0.2, -0.15) is 4.73 Å². The highest BCUT2D eigenvalue weighted by molar-refractivity contribution is 5.69. The fraction of sp³-hybridized carbons (Fsp3) is 0.389. The van der Waals surface area contributed by atoms with Gasteiger partial charge >= 0.3 is 5.69 Å². The van der Waals surface area contributed by atoms with Crippen LogP contribution in [0.5, 0.6) is 5.75 Å². The number of imidazole rings is 1. The number of aryl methyl sites for hydroxylation is 2. The minimum absolute atomic E-state index is 0.276. The molecule has 0 amide bonds. The Morgan fingerprint density at radius 2 is 1.80 bits per heavy atom. The van der Waals surface area contributed by atoms with Gasteiger partial charge in [0.15, 0.2) is 16.9 Å². The third kappa shape index (κ3) is 3.09. The second-order valence-corrected chi connectivity index (χ2v) is 5.98. The third-order valence-electron chi connectivity index (χ3n) is 4.16. The number of rotatable bonds is 6. The maximum Gasteiger partial charge on any atom is 0.332 e. The molecule has 25 heavy (non-hydrogen) atoms. The normalized spacial score (nSPS) is 11.2. The number of aromatic nitrogens is 4. The van der Waals surface area contributed by atoms with Crippen LogP contribution in [-0.4, -0.2) is 18.8 Å². The minimum atomic E-state index is -0.389. The molecule has 2 aromatic heterocycles. The maximum absolute atomic E-state index is 12.7. The Hall–Kier alpha value is -2.83. The molecule has 0 bridgehead atoms. The van der Waals surface area contributed by atoms with E-state index in [1.165, 1.54) is 15.6 Å². The van der Waals surface area contributed by atoms with Gasteiger partial charge in [-0.3, -0.25) is 13.9 Å². The molecule has 3 aromatic rings. The smallest absolute Gasteiger partial charge is 0.332 e. The van der Waals surface area contributed by atoms with Gasteiger partial charge < -0.3 is 4.84 Å². The standard InChI is InChI=1S/C18H22N4O3/c1-4-6-11-21-16-15(17(23)20(5-2)18(21)24)22(12-19-16)25-14-9-7-13(3)8-10-14/h7-10,12H,4-6,11H2,1-3H3. The highest BCUT2D eigenvalue weighted by Crippen LogP contribution is 2.15. The Labute approximate surface area is 145 Å². The first-order valence-electron chi connectivity index (χ1n) is 8.52. The molecular weight excluding hydrogens is 320 g/mol. The zero-order valence-electron chi connectivity index (χ0n) is 14.7. The van der Waals surface area contributed by atoms with Crippen molar-refractivity contribution in [2.24, 2.45) is 0 Å². The van der Waals surface area contributed by atoms with Crippen molar-refractivity contribution >= 4 is 11.2 Å². The van der Waals surface area contributed by atoms with Crippen LogP contribution in [0.3, 0.4) is 0 Å². The lowest BCUT2D eigenvalue weighted by atomic mass is 10.2. The van der Waals surface area contributed by atoms with Crippen molar-refractivity contribution in [2.75, 3.05) is 0 Å². The van der Waals surface area contributed by atoms with Gasteiger partial charge in [0.2, 0.25) is 0 Å². The summed E-state index contributed by atoms with van der Waals surface area (Å²) in [7, 11) is 0. The highest BCUT2D eigenvalue weighted by atomic mass is 16.7. The molecule has 0 unspecified atom stereocenters. The summed E-state index contributed by atoms with van der Waals surface area (Å²) < 4.78 is 4.11. The summed E-state index contributed by atoms with van der Waals surface area (Å²) in [5.41, 5.74) is 1.04. The lowest BCUT2D eigenvalue weighted by molar-refractivity contribution is 0.226. The first-order chi connectivity index (χ1) is 12.1. The summed E-state index contributed by atoms with van der Waals surface area (Å²) >= 11 is 0. The number of hydrogen-bond donors (Lipinski definition) is 0. The lowest BCUT2D eigenvalue weighted by Gasteiger charge is -2.11. The molecule has 3 rings (SSSR count). The summed E-state index contributed by atoms with van der Waals surface area (Å²) in [6.07, 6.45) is 3.22. The van der Waals surface area contributed by atoms with Crippen LogP contribution in [0.15, 0.2) is 40.2 Å². The maximum atomic E-state index is 12.7. The van der Waals surface area contributed by atoms with Crippen molar-refractivity contribution in [1.82, 2.24) is 18.8 Å². The number of unbranched alkanes of at least 4 members (excludes halogenated alkanes) is 1. The molecular formula is C18H22N4O3. The summed E-state index contributed by atoms with van der Waals surface area (Å²) in [4.78, 5) is 35.4. The van der Waals surface area contributed by atoms with E-state index in [-0.39, 0.29) is 16.8 Å². The summed E-state index contributed by atoms with van der Waals surface area (Å²) in [6, 6.07) is 7.51. The van der Waals surface area contributed by atoms with Gasteiger partial charge in [-0.1, -0.05) is 31.0 Å². The van der Waals surface area contributed by atoms with Gasteiger partial charge in [-0.15, -0.1) is 0 Å². The highest BCUT2D eigenvalue weighted by Gasteiger charge is 2.18. The SMILES string of the molecule is CCCCn1c(=O)n(CC)c(=O)c2c1ncn2Oc1ccc(C)cc1. The molecule has 0 spiro atoms. The van der Waals surface area contributed by atoms with Crippen molar-refractivity contribution in [1.29, 1.82) is 0 Å². The fourth-order valence-corrected chi connectivity index (χ4v) is 2.74. The average Bonchev–Trinajstić information content (AvgIpc) is 3.01. The predicted molar refractivity (Wildman–Crippen MR) is 96.0 cm³/mol. The van der Waals surface area contributed by atoms with Crippen LogP contribution in [0, 0.1) is 6.92 Å². The van der Waals surface area contributed by atoms with Gasteiger partial charge in [0.1, 0.15) is 6.33 Å². The predicted octanol–water partition coefficient (Wildman–Crippen LogP) is 2.33. The first-order valence-corrected chi connectivity index (χ1v) is 8.52. The van der Waals surface area contributed by atoms with Gasteiger partial charge in [-0.25, -0.2) is 9.78 Å². The van der Waals surface area contributed by atoms with Crippen LogP contribution in [0.4, 0.5) is 0 Å². The Morgan fingerprint density at radius 3 is 2.44 bits per heavy atom. The molecule has 0 radical (unpaired) electrons. The van der Waals surface area contributed by atoms with Gasteiger partial charge in [0.05, 0.1) is 0 Å². The van der Waals surface area contributed by atoms with Crippen molar-refractivity contribution in [3.8, 4) is 5.75 Å². The molecule has 7 heteroatoms. The van der Waals surface area contributed by atoms with E-state index in [1.54, 1.807) is 11.5 Å². The number of hydrogen-bond acceptors (Lipinski definition) is 4. The van der Waals surface area contributed by atoms with Gasteiger partial charge in [0, 0.05) is 13.1 Å². The molecule has 0 N–H and O–H groups in total. The number of fused-ring (bicyclic) bond motifs is 1. The molecule has 132 valence electrons. The molecule has 0 atom stereocenters. The summed E-state index contributed by atoms with van der Waals surface area (Å²) in [6.45, 7) is 6.64. The molecule has 0 aliphatic heterocycles. The van der Waals surface area contributed by atoms with Gasteiger partial charge in [0.25, 0.3) is 5.56 Å². The van der Waals surface area contributed by atoms with E-state index in [2.05, 4.69) is 11.9 Å². The molecule has 0 aliphatic rings. The molecule has 0 aliphatic carbocycles. The number of nitrogens with zero attached hydrogens (tertiary/aromatic N) is 4. The third-order valence-corrected chi connectivity index (χ3v) is 4.16. The van der Waals surface area contributed by atoms with Crippen molar-refractivity contribution in [2.45, 2.75) is 46.7 Å². The molecule has 0 fully saturated rings. The minimum Gasteiger partial charge on any atom is -0.373 e. The first kappa shape index (κ1) is 17.0. The van der Waals surface area contributed by atoms with Crippen LogP contribution in [0.25, 0.3) is 11.2 Å². The van der Waals surface area contributed by atoms with E-state index in [0.29, 0.717) is 24.5 Å². The zero-order valence-corrected chi connectivity index (χ0v) is 14.7. The summed E-state index contributed by atoms with van der Waals surface area (Å²) in [5.74, 6) is 0.596. The van der Waals surface area contributed by atoms with E-state index in [1.807, 2.05) is 31.2 Å². The fourth-order valence-electron chi connectivity index (χ4n) is 2.74. The largest absolute Gasteiger partial charge is 0.373 e. The molecule has 7 nitrogen and oxygen atoms in total. The number of benzene rings is 1. The van der Waals surface area contributed by atoms with E-state index in [0.717, 1.165) is 18.4 Å². The Kier molecular flexibility index (Phi) is 4.74. The van der Waals surface area contributed by atoms with Crippen LogP contribution in [0.2, 0.25) is 0 Å². The molecule has 1 aromatic carbocycles.